The number of fused-ring (bicyclic) bond motifs is 2. The van der Waals surface area contributed by atoms with Gasteiger partial charge in [0.15, 0.2) is 9.49 Å². The van der Waals surface area contributed by atoms with Crippen molar-refractivity contribution in [3.63, 3.8) is 0 Å². The van der Waals surface area contributed by atoms with Gasteiger partial charge < -0.3 is 11.7 Å². The van der Waals surface area contributed by atoms with Crippen molar-refractivity contribution in [1.29, 1.82) is 0 Å². The van der Waals surface area contributed by atoms with E-state index in [0.29, 0.717) is 11.1 Å². The monoisotopic (exact) mass is 658 g/mol. The number of nitrogens with zero attached hydrogens (tertiary/aromatic N) is 2. The maximum absolute atomic E-state index is 13.1. The number of hydrogen-bond donors (Lipinski definition) is 4. The van der Waals surface area contributed by atoms with E-state index in [9.17, 15) is 35.5 Å². The Bertz CT molecular complexity index is 2060. The standard InChI is InChI=1S/C32H26N4O8S2/c33-35-27-17-31(45(39,40)41,25-7-3-1-5-23(25)29(27)37)21-13-9-19(10-14-21)20-11-15-22(16-12-20)32(46(42,43)44)18-28(36-34)30(38)24-6-2-4-8-26(24)32/h1-16H,17-18,33-34H2,(H,39,40,41)(H,42,43,44). The molecule has 6 N–H and O–H groups in total. The second kappa shape index (κ2) is 10.8. The Morgan fingerprint density at radius 2 is 0.870 bits per heavy atom. The Morgan fingerprint density at radius 1 is 0.543 bits per heavy atom. The molecule has 4 aromatic carbocycles. The van der Waals surface area contributed by atoms with Gasteiger partial charge in [0.2, 0.25) is 11.6 Å². The highest BCUT2D eigenvalue weighted by molar-refractivity contribution is 7.87. The third-order valence-electron chi connectivity index (χ3n) is 8.80. The molecule has 2 atom stereocenters. The lowest BCUT2D eigenvalue weighted by molar-refractivity contribution is 0.105. The highest BCUT2D eigenvalue weighted by Gasteiger charge is 2.54. The topological polar surface area (TPSA) is 220 Å². The van der Waals surface area contributed by atoms with E-state index in [2.05, 4.69) is 10.2 Å². The highest BCUT2D eigenvalue weighted by atomic mass is 32.2. The second-order valence-corrected chi connectivity index (χ2v) is 14.3. The largest absolute Gasteiger partial charge is 0.323 e. The molecule has 46 heavy (non-hydrogen) atoms. The third kappa shape index (κ3) is 4.41. The summed E-state index contributed by atoms with van der Waals surface area (Å²) in [5.74, 6) is 9.83. The van der Waals surface area contributed by atoms with E-state index in [4.69, 9.17) is 11.7 Å². The Balaban J connectivity index is 1.45. The van der Waals surface area contributed by atoms with Gasteiger partial charge in [-0.2, -0.15) is 27.0 Å². The first kappa shape index (κ1) is 31.0. The van der Waals surface area contributed by atoms with Gasteiger partial charge in [0.1, 0.15) is 11.4 Å². The molecule has 0 saturated heterocycles. The van der Waals surface area contributed by atoms with Gasteiger partial charge in [-0.05, 0) is 33.4 Å². The summed E-state index contributed by atoms with van der Waals surface area (Å²) in [5, 5.41) is 7.05. The first-order valence-electron chi connectivity index (χ1n) is 13.8. The summed E-state index contributed by atoms with van der Waals surface area (Å²) in [6.07, 6.45) is -0.968. The minimum atomic E-state index is -4.88. The van der Waals surface area contributed by atoms with Crippen LogP contribution in [-0.4, -0.2) is 48.9 Å². The molecule has 4 aromatic rings. The van der Waals surface area contributed by atoms with Crippen LogP contribution >= 0.6 is 0 Å². The quantitative estimate of drug-likeness (QED) is 0.139. The van der Waals surface area contributed by atoms with Crippen molar-refractivity contribution in [2.75, 3.05) is 0 Å². The van der Waals surface area contributed by atoms with E-state index in [1.54, 1.807) is 48.5 Å². The summed E-state index contributed by atoms with van der Waals surface area (Å²) in [6, 6.07) is 24.5. The van der Waals surface area contributed by atoms with E-state index in [-0.39, 0.29) is 44.8 Å². The van der Waals surface area contributed by atoms with Crippen LogP contribution in [0.5, 0.6) is 0 Å². The molecule has 0 amide bonds. The first-order chi connectivity index (χ1) is 21.8. The molecule has 0 aromatic heterocycles. The van der Waals surface area contributed by atoms with Crippen LogP contribution in [0.1, 0.15) is 55.8 Å². The van der Waals surface area contributed by atoms with Crippen LogP contribution in [0.3, 0.4) is 0 Å². The number of carbonyl (C=O) groups is 2. The SMILES string of the molecule is NN=C1CC(c2ccc(-c3ccc(C4(S(=O)(=O)O)CC(=NN)C(=O)c5ccccc54)cc3)cc2)(S(=O)(=O)O)c2ccccc2C1=O. The molecule has 2 aliphatic carbocycles. The zero-order valence-electron chi connectivity index (χ0n) is 23.9. The fourth-order valence-corrected chi connectivity index (χ4v) is 8.96. The average molecular weight is 659 g/mol. The van der Waals surface area contributed by atoms with Crippen molar-refractivity contribution in [2.24, 2.45) is 21.9 Å². The number of Topliss-reactive ketones (excluding diaryl/α,β-unsaturated/α-hetero) is 2. The third-order valence-corrected chi connectivity index (χ3v) is 11.8. The molecule has 0 saturated carbocycles. The molecule has 2 aliphatic rings. The van der Waals surface area contributed by atoms with Gasteiger partial charge in [-0.3, -0.25) is 18.7 Å². The number of benzene rings is 4. The van der Waals surface area contributed by atoms with Crippen molar-refractivity contribution in [3.8, 4) is 11.1 Å². The molecule has 0 spiro atoms. The maximum atomic E-state index is 13.1. The van der Waals surface area contributed by atoms with E-state index in [0.717, 1.165) is 0 Å². The van der Waals surface area contributed by atoms with Crippen LogP contribution in [0.15, 0.2) is 107 Å². The van der Waals surface area contributed by atoms with Gasteiger partial charge in [-0.25, -0.2) is 0 Å². The zero-order valence-corrected chi connectivity index (χ0v) is 25.5. The summed E-state index contributed by atoms with van der Waals surface area (Å²) in [4.78, 5) is 25.8. The summed E-state index contributed by atoms with van der Waals surface area (Å²) in [5.41, 5.74) is 1.39. The molecule has 2 unspecified atom stereocenters. The number of ketones is 2. The van der Waals surface area contributed by atoms with Gasteiger partial charge in [0.05, 0.1) is 0 Å². The van der Waals surface area contributed by atoms with Crippen molar-refractivity contribution < 1.29 is 35.5 Å². The van der Waals surface area contributed by atoms with E-state index < -0.39 is 54.1 Å². The Labute approximate surface area is 264 Å². The van der Waals surface area contributed by atoms with Crippen LogP contribution < -0.4 is 11.7 Å². The van der Waals surface area contributed by atoms with Crippen molar-refractivity contribution in [2.45, 2.75) is 22.3 Å². The number of hydrazone groups is 2. The first-order valence-corrected chi connectivity index (χ1v) is 16.7. The van der Waals surface area contributed by atoms with Gasteiger partial charge in [0, 0.05) is 24.0 Å². The highest BCUT2D eigenvalue weighted by Crippen LogP contribution is 2.47. The van der Waals surface area contributed by atoms with Crippen LogP contribution in [0.4, 0.5) is 0 Å². The maximum Gasteiger partial charge on any atom is 0.279 e. The molecule has 14 heteroatoms. The molecular formula is C32H26N4O8S2. The lowest BCUT2D eigenvalue weighted by atomic mass is 9.76. The average Bonchev–Trinajstić information content (AvgIpc) is 3.05. The van der Waals surface area contributed by atoms with Gasteiger partial charge in [-0.1, -0.05) is 97.1 Å². The Hall–Kier alpha value is -5.02. The summed E-state index contributed by atoms with van der Waals surface area (Å²) in [7, 11) is -9.77. The van der Waals surface area contributed by atoms with Crippen LogP contribution in [0.2, 0.25) is 0 Å². The number of nitrogens with two attached hydrogens (primary N) is 2. The minimum Gasteiger partial charge on any atom is -0.323 e. The normalized spacial score (nSPS) is 23.3. The zero-order chi connectivity index (χ0) is 33.1. The molecule has 12 nitrogen and oxygen atoms in total. The van der Waals surface area contributed by atoms with Gasteiger partial charge in [0.25, 0.3) is 20.2 Å². The molecule has 0 radical (unpaired) electrons. The van der Waals surface area contributed by atoms with Crippen molar-refractivity contribution in [1.82, 2.24) is 0 Å². The Kier molecular flexibility index (Phi) is 7.28. The van der Waals surface area contributed by atoms with Crippen LogP contribution in [-0.2, 0) is 29.7 Å². The molecule has 0 heterocycles. The predicted octanol–water partition coefficient (Wildman–Crippen LogP) is 3.42. The summed E-state index contributed by atoms with van der Waals surface area (Å²) < 4.78 is 69.4. The van der Waals surface area contributed by atoms with E-state index >= 15 is 0 Å². The lowest BCUT2D eigenvalue weighted by Gasteiger charge is -2.36. The fourth-order valence-electron chi connectivity index (χ4n) is 6.55. The second-order valence-electron chi connectivity index (χ2n) is 11.0. The number of carbonyl (C=O) groups excluding carboxylic acids is 2. The predicted molar refractivity (Wildman–Crippen MR) is 171 cm³/mol. The van der Waals surface area contributed by atoms with Gasteiger partial charge >= 0.3 is 0 Å². The smallest absolute Gasteiger partial charge is 0.279 e. The summed E-state index contributed by atoms with van der Waals surface area (Å²) >= 11 is 0. The van der Waals surface area contributed by atoms with Crippen molar-refractivity contribution in [3.05, 3.63) is 130 Å². The Morgan fingerprint density at radius 3 is 1.17 bits per heavy atom. The lowest BCUT2D eigenvalue weighted by Crippen LogP contribution is -2.45. The molecule has 0 fully saturated rings. The minimum absolute atomic E-state index is 0.0526. The molecule has 0 bridgehead atoms. The molecule has 0 aliphatic heterocycles. The van der Waals surface area contributed by atoms with Gasteiger partial charge in [-0.15, -0.1) is 0 Å². The molecular weight excluding hydrogens is 633 g/mol. The summed E-state index contributed by atoms with van der Waals surface area (Å²) in [6.45, 7) is 0. The molecule has 234 valence electrons. The number of rotatable bonds is 5. The van der Waals surface area contributed by atoms with Crippen molar-refractivity contribution >= 4 is 43.2 Å². The van der Waals surface area contributed by atoms with Crippen LogP contribution in [0.25, 0.3) is 11.1 Å². The molecule has 6 rings (SSSR count). The van der Waals surface area contributed by atoms with E-state index in [1.165, 1.54) is 48.5 Å². The number of hydrogen-bond acceptors (Lipinski definition) is 10. The fraction of sp³-hybridized carbons (Fsp3) is 0.125. The van der Waals surface area contributed by atoms with E-state index in [1.807, 2.05) is 0 Å². The van der Waals surface area contributed by atoms with Crippen LogP contribution in [0, 0.1) is 0 Å².